The number of hydrogen-bond donors (Lipinski definition) is 2. The summed E-state index contributed by atoms with van der Waals surface area (Å²) in [6.45, 7) is 0. The first-order valence-electron chi connectivity index (χ1n) is 16.2. The predicted octanol–water partition coefficient (Wildman–Crippen LogP) is 12.6. The number of nitrogens with one attached hydrogen (secondary N) is 1. The molecule has 0 aliphatic carbocycles. The Morgan fingerprint density at radius 3 is 1.52 bits per heavy atom. The van der Waals surface area contributed by atoms with Crippen LogP contribution in [-0.2, 0) is 0 Å². The SMILES string of the molecule is Oc1c(-c2cc(Nc3ccc(-c4ccccc4)cc3)ccc2-c2ccc(-c3cccc(-c4ccccc4)c3)cc2)ccc2ccccc12. The van der Waals surface area contributed by atoms with E-state index in [1.165, 1.54) is 27.8 Å². The highest BCUT2D eigenvalue weighted by Crippen LogP contribution is 2.42. The lowest BCUT2D eigenvalue weighted by Crippen LogP contribution is -1.94. The first-order chi connectivity index (χ1) is 23.7. The van der Waals surface area contributed by atoms with Gasteiger partial charge in [0, 0.05) is 22.3 Å². The van der Waals surface area contributed by atoms with Gasteiger partial charge in [-0.1, -0.05) is 152 Å². The normalized spacial score (nSPS) is 11.0. The van der Waals surface area contributed by atoms with Crippen LogP contribution in [0.5, 0.6) is 5.75 Å². The lowest BCUT2D eigenvalue weighted by atomic mass is 9.91. The summed E-state index contributed by atoms with van der Waals surface area (Å²) in [6.07, 6.45) is 0. The maximum Gasteiger partial charge on any atom is 0.131 e. The average Bonchev–Trinajstić information content (AvgIpc) is 3.16. The molecule has 8 aromatic rings. The van der Waals surface area contributed by atoms with Gasteiger partial charge in [-0.05, 0) is 91.9 Å². The van der Waals surface area contributed by atoms with Crippen molar-refractivity contribution < 1.29 is 5.11 Å². The van der Waals surface area contributed by atoms with E-state index in [4.69, 9.17) is 0 Å². The molecule has 48 heavy (non-hydrogen) atoms. The number of phenols is 1. The monoisotopic (exact) mass is 615 g/mol. The summed E-state index contributed by atoms with van der Waals surface area (Å²) in [5, 5.41) is 17.0. The Morgan fingerprint density at radius 2 is 0.812 bits per heavy atom. The van der Waals surface area contributed by atoms with E-state index in [1.807, 2.05) is 42.5 Å². The number of fused-ring (bicyclic) bond motifs is 1. The van der Waals surface area contributed by atoms with Crippen LogP contribution in [-0.4, -0.2) is 5.11 Å². The molecule has 228 valence electrons. The Hall–Kier alpha value is -6.38. The molecule has 0 saturated heterocycles. The van der Waals surface area contributed by atoms with E-state index in [0.717, 1.165) is 50.0 Å². The zero-order valence-electron chi connectivity index (χ0n) is 26.3. The van der Waals surface area contributed by atoms with Crippen LogP contribution in [0.3, 0.4) is 0 Å². The van der Waals surface area contributed by atoms with E-state index < -0.39 is 0 Å². The molecule has 8 rings (SSSR count). The highest BCUT2D eigenvalue weighted by molar-refractivity contribution is 5.98. The van der Waals surface area contributed by atoms with Crippen molar-refractivity contribution >= 4 is 22.1 Å². The van der Waals surface area contributed by atoms with Crippen molar-refractivity contribution in [1.82, 2.24) is 0 Å². The topological polar surface area (TPSA) is 32.3 Å². The van der Waals surface area contributed by atoms with Crippen LogP contribution in [0.1, 0.15) is 0 Å². The molecular weight excluding hydrogens is 583 g/mol. The lowest BCUT2D eigenvalue weighted by molar-refractivity contribution is 0.483. The number of hydrogen-bond acceptors (Lipinski definition) is 2. The number of phenolic OH excluding ortho intramolecular Hbond substituents is 1. The van der Waals surface area contributed by atoms with Gasteiger partial charge < -0.3 is 10.4 Å². The van der Waals surface area contributed by atoms with Crippen LogP contribution < -0.4 is 5.32 Å². The average molecular weight is 616 g/mol. The van der Waals surface area contributed by atoms with Crippen LogP contribution in [0.25, 0.3) is 66.4 Å². The third kappa shape index (κ3) is 5.84. The maximum absolute atomic E-state index is 11.6. The second kappa shape index (κ2) is 12.8. The standard InChI is InChI=1S/C46H33NO/c48-46-43-17-8-7-14-36(43)24-28-44(46)45-31-41(47-40-25-22-34(23-26-40)32-10-3-1-4-11-32)27-29-42(45)37-20-18-35(19-21-37)39-16-9-15-38(30-39)33-12-5-2-6-13-33/h1-31,47-48H. The molecule has 2 heteroatoms. The van der Waals surface area contributed by atoms with Crippen molar-refractivity contribution in [2.75, 3.05) is 5.32 Å². The van der Waals surface area contributed by atoms with Gasteiger partial charge in [-0.15, -0.1) is 0 Å². The fourth-order valence-corrected chi connectivity index (χ4v) is 6.46. The Balaban J connectivity index is 1.16. The minimum atomic E-state index is 0.285. The van der Waals surface area contributed by atoms with Gasteiger partial charge in [-0.3, -0.25) is 0 Å². The Bertz CT molecular complexity index is 2340. The second-order valence-electron chi connectivity index (χ2n) is 12.0. The van der Waals surface area contributed by atoms with Crippen LogP contribution in [0.2, 0.25) is 0 Å². The fourth-order valence-electron chi connectivity index (χ4n) is 6.46. The molecule has 0 aliphatic heterocycles. The molecule has 0 fully saturated rings. The first-order valence-corrected chi connectivity index (χ1v) is 16.2. The van der Waals surface area contributed by atoms with Gasteiger partial charge in [0.25, 0.3) is 0 Å². The minimum absolute atomic E-state index is 0.285. The number of anilines is 2. The number of aromatic hydroxyl groups is 1. The van der Waals surface area contributed by atoms with E-state index in [-0.39, 0.29) is 5.75 Å². The quantitative estimate of drug-likeness (QED) is 0.187. The van der Waals surface area contributed by atoms with Crippen molar-refractivity contribution in [2.45, 2.75) is 0 Å². The van der Waals surface area contributed by atoms with E-state index >= 15 is 0 Å². The highest BCUT2D eigenvalue weighted by Gasteiger charge is 2.15. The molecule has 2 N–H and O–H groups in total. The van der Waals surface area contributed by atoms with Gasteiger partial charge in [0.15, 0.2) is 0 Å². The fraction of sp³-hybridized carbons (Fsp3) is 0. The molecule has 0 aliphatic rings. The van der Waals surface area contributed by atoms with E-state index in [2.05, 4.69) is 151 Å². The summed E-state index contributed by atoms with van der Waals surface area (Å²) in [5.41, 5.74) is 12.9. The van der Waals surface area contributed by atoms with Crippen molar-refractivity contribution in [3.63, 3.8) is 0 Å². The molecule has 0 amide bonds. The molecule has 0 heterocycles. The summed E-state index contributed by atoms with van der Waals surface area (Å²) >= 11 is 0. The van der Waals surface area contributed by atoms with E-state index in [1.54, 1.807) is 0 Å². The van der Waals surface area contributed by atoms with Gasteiger partial charge >= 0.3 is 0 Å². The summed E-state index contributed by atoms with van der Waals surface area (Å²) in [4.78, 5) is 0. The van der Waals surface area contributed by atoms with Crippen molar-refractivity contribution in [3.05, 3.63) is 188 Å². The molecule has 8 aromatic carbocycles. The third-order valence-corrected chi connectivity index (χ3v) is 8.99. The third-order valence-electron chi connectivity index (χ3n) is 8.99. The Labute approximate surface area is 281 Å². The Kier molecular flexibility index (Phi) is 7.74. The lowest BCUT2D eigenvalue weighted by Gasteiger charge is -2.17. The Morgan fingerprint density at radius 1 is 0.312 bits per heavy atom. The summed E-state index contributed by atoms with van der Waals surface area (Å²) in [5.74, 6) is 0.285. The molecule has 0 atom stereocenters. The van der Waals surface area contributed by atoms with Gasteiger partial charge in [0.1, 0.15) is 5.75 Å². The van der Waals surface area contributed by atoms with Crippen LogP contribution in [0.15, 0.2) is 188 Å². The van der Waals surface area contributed by atoms with E-state index in [9.17, 15) is 5.11 Å². The second-order valence-corrected chi connectivity index (χ2v) is 12.0. The zero-order chi connectivity index (χ0) is 32.3. The summed E-state index contributed by atoms with van der Waals surface area (Å²) < 4.78 is 0. The van der Waals surface area contributed by atoms with Crippen LogP contribution >= 0.6 is 0 Å². The molecule has 2 nitrogen and oxygen atoms in total. The molecule has 0 radical (unpaired) electrons. The number of rotatable bonds is 7. The zero-order valence-corrected chi connectivity index (χ0v) is 26.3. The minimum Gasteiger partial charge on any atom is -0.507 e. The van der Waals surface area contributed by atoms with Gasteiger partial charge in [0.2, 0.25) is 0 Å². The van der Waals surface area contributed by atoms with Gasteiger partial charge in [-0.25, -0.2) is 0 Å². The van der Waals surface area contributed by atoms with Crippen molar-refractivity contribution in [1.29, 1.82) is 0 Å². The summed E-state index contributed by atoms with van der Waals surface area (Å²) in [6, 6.07) is 65.2. The first kappa shape index (κ1) is 29.1. The van der Waals surface area contributed by atoms with E-state index in [0.29, 0.717) is 0 Å². The van der Waals surface area contributed by atoms with Crippen molar-refractivity contribution in [3.8, 4) is 61.4 Å². The largest absolute Gasteiger partial charge is 0.507 e. The van der Waals surface area contributed by atoms with Crippen molar-refractivity contribution in [2.24, 2.45) is 0 Å². The highest BCUT2D eigenvalue weighted by atomic mass is 16.3. The molecule has 0 bridgehead atoms. The number of benzene rings is 8. The summed E-state index contributed by atoms with van der Waals surface area (Å²) in [7, 11) is 0. The molecule has 0 unspecified atom stereocenters. The maximum atomic E-state index is 11.6. The van der Waals surface area contributed by atoms with Crippen LogP contribution in [0.4, 0.5) is 11.4 Å². The molecule has 0 saturated carbocycles. The van der Waals surface area contributed by atoms with Gasteiger partial charge in [-0.2, -0.15) is 0 Å². The van der Waals surface area contributed by atoms with Gasteiger partial charge in [0.05, 0.1) is 0 Å². The molecule has 0 spiro atoms. The molecule has 0 aromatic heterocycles. The predicted molar refractivity (Wildman–Crippen MR) is 203 cm³/mol. The molecular formula is C46H33NO. The smallest absolute Gasteiger partial charge is 0.131 e. The van der Waals surface area contributed by atoms with Crippen LogP contribution in [0, 0.1) is 0 Å².